The summed E-state index contributed by atoms with van der Waals surface area (Å²) in [4.78, 5) is 1.14. The van der Waals surface area contributed by atoms with E-state index in [0.717, 1.165) is 26.6 Å². The van der Waals surface area contributed by atoms with Crippen molar-refractivity contribution in [3.63, 3.8) is 0 Å². The first-order chi connectivity index (χ1) is 7.86. The van der Waals surface area contributed by atoms with Crippen LogP contribution in [-0.4, -0.2) is 6.21 Å². The second kappa shape index (κ2) is 3.96. The molecule has 0 bridgehead atoms. The van der Waals surface area contributed by atoms with E-state index in [2.05, 4.69) is 16.5 Å². The summed E-state index contributed by atoms with van der Waals surface area (Å²) in [5.41, 5.74) is 3.31. The minimum atomic E-state index is 0.777. The average Bonchev–Trinajstić information content (AvgIpc) is 2.49. The van der Waals surface area contributed by atoms with E-state index in [9.17, 15) is 0 Å². The van der Waals surface area contributed by atoms with Gasteiger partial charge in [0.15, 0.2) is 0 Å². The third-order valence-electron chi connectivity index (χ3n) is 2.55. The number of rotatable bonds is 0. The zero-order valence-corrected chi connectivity index (χ0v) is 9.92. The van der Waals surface area contributed by atoms with Crippen molar-refractivity contribution in [3.05, 3.63) is 53.1 Å². The molecule has 0 N–H and O–H groups in total. The van der Waals surface area contributed by atoms with Crippen LogP contribution in [0.1, 0.15) is 5.56 Å². The molecule has 1 aliphatic rings. The van der Waals surface area contributed by atoms with Crippen molar-refractivity contribution in [2.24, 2.45) is 4.40 Å². The Morgan fingerprint density at radius 3 is 2.81 bits per heavy atom. The van der Waals surface area contributed by atoms with Crippen LogP contribution in [0.15, 0.2) is 51.8 Å². The minimum Gasteiger partial charge on any atom is -0.219 e. The molecule has 0 spiro atoms. The van der Waals surface area contributed by atoms with Gasteiger partial charge in [-0.1, -0.05) is 41.9 Å². The highest BCUT2D eigenvalue weighted by atomic mass is 35.5. The Bertz CT molecular complexity index is 578. The van der Waals surface area contributed by atoms with Crippen LogP contribution in [0.3, 0.4) is 0 Å². The summed E-state index contributed by atoms with van der Waals surface area (Å²) < 4.78 is 4.33. The zero-order valence-electron chi connectivity index (χ0n) is 8.35. The molecule has 16 heavy (non-hydrogen) atoms. The van der Waals surface area contributed by atoms with Crippen molar-refractivity contribution in [2.45, 2.75) is 4.90 Å². The normalized spacial score (nSPS) is 12.8. The molecule has 0 unspecified atom stereocenters. The van der Waals surface area contributed by atoms with Gasteiger partial charge in [0.25, 0.3) is 0 Å². The second-order valence-corrected chi connectivity index (χ2v) is 4.77. The van der Waals surface area contributed by atoms with Gasteiger partial charge in [-0.25, -0.2) is 4.40 Å². The molecule has 0 amide bonds. The molecule has 3 heteroatoms. The highest BCUT2D eigenvalue weighted by Gasteiger charge is 2.14. The van der Waals surface area contributed by atoms with Gasteiger partial charge in [0, 0.05) is 39.2 Å². The number of benzene rings is 2. The van der Waals surface area contributed by atoms with Gasteiger partial charge in [0.1, 0.15) is 0 Å². The van der Waals surface area contributed by atoms with E-state index < -0.39 is 0 Å². The van der Waals surface area contributed by atoms with E-state index >= 15 is 0 Å². The van der Waals surface area contributed by atoms with Crippen LogP contribution < -0.4 is 0 Å². The Balaban J connectivity index is 2.38. The summed E-state index contributed by atoms with van der Waals surface area (Å²) in [6.07, 6.45) is 1.87. The second-order valence-electron chi connectivity index (χ2n) is 3.53. The Morgan fingerprint density at radius 2 is 1.88 bits per heavy atom. The number of hydrogen-bond donors (Lipinski definition) is 0. The molecule has 0 radical (unpaired) electrons. The Labute approximate surface area is 103 Å². The molecule has 0 atom stereocenters. The van der Waals surface area contributed by atoms with E-state index in [1.807, 2.05) is 36.5 Å². The largest absolute Gasteiger partial charge is 0.219 e. The molecule has 1 aliphatic heterocycles. The van der Waals surface area contributed by atoms with E-state index in [0.29, 0.717) is 0 Å². The quantitative estimate of drug-likeness (QED) is 0.625. The van der Waals surface area contributed by atoms with E-state index in [-0.39, 0.29) is 0 Å². The van der Waals surface area contributed by atoms with Gasteiger partial charge in [-0.3, -0.25) is 0 Å². The van der Waals surface area contributed by atoms with Gasteiger partial charge >= 0.3 is 0 Å². The molecular weight excluding hydrogens is 238 g/mol. The number of halogens is 1. The standard InChI is InChI=1S/C13H8ClNS/c14-11-6-3-4-9-8-15-16-12-7-2-1-5-10(12)13(9)11/h1-8H. The lowest BCUT2D eigenvalue weighted by Crippen LogP contribution is -1.88. The maximum absolute atomic E-state index is 6.27. The first-order valence-electron chi connectivity index (χ1n) is 4.94. The van der Waals surface area contributed by atoms with Crippen LogP contribution in [0.25, 0.3) is 11.1 Å². The lowest BCUT2D eigenvalue weighted by Gasteiger charge is -2.08. The summed E-state index contributed by atoms with van der Waals surface area (Å²) >= 11 is 7.76. The molecule has 0 saturated heterocycles. The first-order valence-corrected chi connectivity index (χ1v) is 6.10. The van der Waals surface area contributed by atoms with Crippen molar-refractivity contribution >= 4 is 29.8 Å². The maximum atomic E-state index is 6.27. The molecule has 0 aliphatic carbocycles. The van der Waals surface area contributed by atoms with Gasteiger partial charge in [0.2, 0.25) is 0 Å². The van der Waals surface area contributed by atoms with Crippen LogP contribution in [0, 0.1) is 0 Å². The SMILES string of the molecule is Clc1cccc2c1-c1ccccc1SN=C2. The number of hydrogen-bond acceptors (Lipinski definition) is 2. The first kappa shape index (κ1) is 9.94. The minimum absolute atomic E-state index is 0.777. The van der Waals surface area contributed by atoms with E-state index in [1.54, 1.807) is 0 Å². The fourth-order valence-electron chi connectivity index (χ4n) is 1.83. The number of nitrogens with zero attached hydrogens (tertiary/aromatic N) is 1. The molecule has 1 nitrogen and oxygen atoms in total. The van der Waals surface area contributed by atoms with Crippen LogP contribution in [0.5, 0.6) is 0 Å². The lowest BCUT2D eigenvalue weighted by atomic mass is 10.0. The Morgan fingerprint density at radius 1 is 1.00 bits per heavy atom. The van der Waals surface area contributed by atoms with Crippen molar-refractivity contribution in [1.82, 2.24) is 0 Å². The van der Waals surface area contributed by atoms with Gasteiger partial charge in [0.05, 0.1) is 0 Å². The fraction of sp³-hybridized carbons (Fsp3) is 0. The lowest BCUT2D eigenvalue weighted by molar-refractivity contribution is 1.45. The zero-order chi connectivity index (χ0) is 11.0. The van der Waals surface area contributed by atoms with E-state index in [4.69, 9.17) is 11.6 Å². The summed E-state index contributed by atoms with van der Waals surface area (Å²) in [6, 6.07) is 14.1. The predicted molar refractivity (Wildman–Crippen MR) is 70.3 cm³/mol. The topological polar surface area (TPSA) is 12.4 Å². The fourth-order valence-corrected chi connectivity index (χ4v) is 2.80. The maximum Gasteiger partial charge on any atom is 0.0491 e. The molecule has 0 aromatic heterocycles. The molecular formula is C13H8ClNS. The highest BCUT2D eigenvalue weighted by Crippen LogP contribution is 2.39. The summed E-state index contributed by atoms with van der Waals surface area (Å²) in [5, 5.41) is 0.777. The summed E-state index contributed by atoms with van der Waals surface area (Å²) in [5.74, 6) is 0. The van der Waals surface area contributed by atoms with Crippen molar-refractivity contribution < 1.29 is 0 Å². The molecule has 2 aromatic rings. The Kier molecular flexibility index (Phi) is 2.46. The van der Waals surface area contributed by atoms with Crippen LogP contribution in [0.2, 0.25) is 5.02 Å². The molecule has 0 saturated carbocycles. The van der Waals surface area contributed by atoms with Crippen molar-refractivity contribution in [1.29, 1.82) is 0 Å². The Hall–Kier alpha value is -1.25. The third-order valence-corrected chi connectivity index (χ3v) is 3.62. The van der Waals surface area contributed by atoms with Gasteiger partial charge in [-0.2, -0.15) is 0 Å². The molecule has 3 rings (SSSR count). The summed E-state index contributed by atoms with van der Waals surface area (Å²) in [6.45, 7) is 0. The molecule has 78 valence electrons. The molecule has 2 aromatic carbocycles. The average molecular weight is 246 g/mol. The molecule has 1 heterocycles. The predicted octanol–water partition coefficient (Wildman–Crippen LogP) is 4.45. The van der Waals surface area contributed by atoms with Gasteiger partial charge < -0.3 is 0 Å². The van der Waals surface area contributed by atoms with Crippen molar-refractivity contribution in [3.8, 4) is 11.1 Å². The third kappa shape index (κ3) is 1.55. The van der Waals surface area contributed by atoms with Crippen molar-refractivity contribution in [2.75, 3.05) is 0 Å². The monoisotopic (exact) mass is 245 g/mol. The van der Waals surface area contributed by atoms with Gasteiger partial charge in [-0.15, -0.1) is 0 Å². The molecule has 0 fully saturated rings. The number of fused-ring (bicyclic) bond motifs is 3. The van der Waals surface area contributed by atoms with Gasteiger partial charge in [-0.05, 0) is 17.7 Å². The van der Waals surface area contributed by atoms with Crippen LogP contribution in [-0.2, 0) is 0 Å². The van der Waals surface area contributed by atoms with Crippen LogP contribution >= 0.6 is 23.5 Å². The van der Waals surface area contributed by atoms with E-state index in [1.165, 1.54) is 11.9 Å². The highest BCUT2D eigenvalue weighted by molar-refractivity contribution is 7.98. The van der Waals surface area contributed by atoms with Crippen LogP contribution in [0.4, 0.5) is 0 Å². The smallest absolute Gasteiger partial charge is 0.0491 e. The summed E-state index contributed by atoms with van der Waals surface area (Å²) in [7, 11) is 0.